The lowest BCUT2D eigenvalue weighted by Gasteiger charge is -2.09. The van der Waals surface area contributed by atoms with Gasteiger partial charge in [-0.15, -0.1) is 0 Å². The van der Waals surface area contributed by atoms with Crippen LogP contribution in [0.2, 0.25) is 5.02 Å². The number of amides is 3. The van der Waals surface area contributed by atoms with Gasteiger partial charge in [0.05, 0.1) is 10.6 Å². The topological polar surface area (TPSA) is 70.2 Å². The van der Waals surface area contributed by atoms with Crippen LogP contribution in [-0.2, 0) is 6.54 Å². The summed E-state index contributed by atoms with van der Waals surface area (Å²) in [6.07, 6.45) is 0. The Kier molecular flexibility index (Phi) is 5.54. The molecular formula is C16H15ClFN3O2. The maximum Gasteiger partial charge on any atom is 0.319 e. The van der Waals surface area contributed by atoms with E-state index in [-0.39, 0.29) is 23.3 Å². The number of carbonyl (C=O) groups is 2. The predicted molar refractivity (Wildman–Crippen MR) is 87.1 cm³/mol. The van der Waals surface area contributed by atoms with E-state index in [0.717, 1.165) is 5.56 Å². The zero-order valence-corrected chi connectivity index (χ0v) is 13.1. The molecule has 0 aliphatic carbocycles. The Morgan fingerprint density at radius 1 is 1.13 bits per heavy atom. The molecule has 0 saturated heterocycles. The van der Waals surface area contributed by atoms with Crippen molar-refractivity contribution in [1.82, 2.24) is 10.6 Å². The van der Waals surface area contributed by atoms with Crippen molar-refractivity contribution in [3.63, 3.8) is 0 Å². The van der Waals surface area contributed by atoms with Gasteiger partial charge in [0, 0.05) is 19.3 Å². The second-order valence-electron chi connectivity index (χ2n) is 4.71. The zero-order chi connectivity index (χ0) is 16.8. The standard InChI is InChI=1S/C16H15ClFN3O2/c1-19-15(22)13-7-6-12(8-14(13)17)21-16(23)20-9-10-2-4-11(18)5-3-10/h2-8H,9H2,1H3,(H,19,22)(H2,20,21,23). The summed E-state index contributed by atoms with van der Waals surface area (Å²) in [4.78, 5) is 23.3. The quantitative estimate of drug-likeness (QED) is 0.803. The zero-order valence-electron chi connectivity index (χ0n) is 12.3. The Hall–Kier alpha value is -2.60. The first-order valence-electron chi connectivity index (χ1n) is 6.80. The molecule has 0 heterocycles. The number of rotatable bonds is 4. The van der Waals surface area contributed by atoms with E-state index in [9.17, 15) is 14.0 Å². The lowest BCUT2D eigenvalue weighted by Crippen LogP contribution is -2.28. The number of hydrogen-bond donors (Lipinski definition) is 3. The van der Waals surface area contributed by atoms with Crippen molar-refractivity contribution in [2.24, 2.45) is 0 Å². The molecule has 0 spiro atoms. The highest BCUT2D eigenvalue weighted by atomic mass is 35.5. The number of hydrogen-bond acceptors (Lipinski definition) is 2. The van der Waals surface area contributed by atoms with Gasteiger partial charge >= 0.3 is 6.03 Å². The monoisotopic (exact) mass is 335 g/mol. The van der Waals surface area contributed by atoms with Gasteiger partial charge in [-0.1, -0.05) is 23.7 Å². The minimum absolute atomic E-state index is 0.237. The third-order valence-electron chi connectivity index (χ3n) is 3.06. The highest BCUT2D eigenvalue weighted by Gasteiger charge is 2.10. The van der Waals surface area contributed by atoms with Crippen LogP contribution in [0.3, 0.4) is 0 Å². The second kappa shape index (κ2) is 7.60. The number of benzene rings is 2. The van der Waals surface area contributed by atoms with Crippen LogP contribution in [-0.4, -0.2) is 19.0 Å². The molecule has 5 nitrogen and oxygen atoms in total. The number of nitrogens with one attached hydrogen (secondary N) is 3. The molecule has 3 amide bonds. The first kappa shape index (κ1) is 16.8. The SMILES string of the molecule is CNC(=O)c1ccc(NC(=O)NCc2ccc(F)cc2)cc1Cl. The minimum Gasteiger partial charge on any atom is -0.355 e. The summed E-state index contributed by atoms with van der Waals surface area (Å²) in [5.41, 5.74) is 1.56. The van der Waals surface area contributed by atoms with E-state index in [0.29, 0.717) is 11.3 Å². The van der Waals surface area contributed by atoms with E-state index in [2.05, 4.69) is 16.0 Å². The van der Waals surface area contributed by atoms with E-state index < -0.39 is 6.03 Å². The van der Waals surface area contributed by atoms with Crippen molar-refractivity contribution >= 4 is 29.2 Å². The average Bonchev–Trinajstić information content (AvgIpc) is 2.54. The lowest BCUT2D eigenvalue weighted by atomic mass is 10.2. The first-order chi connectivity index (χ1) is 11.0. The van der Waals surface area contributed by atoms with Crippen molar-refractivity contribution in [3.05, 3.63) is 64.4 Å². The smallest absolute Gasteiger partial charge is 0.319 e. The fraction of sp³-hybridized carbons (Fsp3) is 0.125. The molecule has 2 aromatic carbocycles. The Morgan fingerprint density at radius 3 is 2.43 bits per heavy atom. The molecule has 0 atom stereocenters. The lowest BCUT2D eigenvalue weighted by molar-refractivity contribution is 0.0963. The normalized spacial score (nSPS) is 10.0. The predicted octanol–water partition coefficient (Wildman–Crippen LogP) is 3.16. The van der Waals surface area contributed by atoms with Crippen LogP contribution in [0, 0.1) is 5.82 Å². The Labute approximate surface area is 137 Å². The fourth-order valence-corrected chi connectivity index (χ4v) is 2.14. The largest absolute Gasteiger partial charge is 0.355 e. The summed E-state index contributed by atoms with van der Waals surface area (Å²) in [7, 11) is 1.51. The molecule has 0 unspecified atom stereocenters. The van der Waals surface area contributed by atoms with Gasteiger partial charge in [0.1, 0.15) is 5.82 Å². The van der Waals surface area contributed by atoms with Crippen molar-refractivity contribution in [1.29, 1.82) is 0 Å². The number of anilines is 1. The molecule has 0 fully saturated rings. The van der Waals surface area contributed by atoms with Crippen LogP contribution >= 0.6 is 11.6 Å². The van der Waals surface area contributed by atoms with E-state index in [4.69, 9.17) is 11.6 Å². The summed E-state index contributed by atoms with van der Waals surface area (Å²) in [6, 6.07) is 9.99. The minimum atomic E-state index is -0.432. The summed E-state index contributed by atoms with van der Waals surface area (Å²) in [6.45, 7) is 0.260. The molecule has 23 heavy (non-hydrogen) atoms. The third-order valence-corrected chi connectivity index (χ3v) is 3.38. The molecule has 0 aromatic heterocycles. The van der Waals surface area contributed by atoms with Gasteiger partial charge in [-0.2, -0.15) is 0 Å². The number of carbonyl (C=O) groups excluding carboxylic acids is 2. The van der Waals surface area contributed by atoms with Gasteiger partial charge < -0.3 is 16.0 Å². The molecular weight excluding hydrogens is 321 g/mol. The molecule has 0 aliphatic rings. The Bertz CT molecular complexity index is 720. The summed E-state index contributed by atoms with van der Waals surface area (Å²) in [5, 5.41) is 7.96. The van der Waals surface area contributed by atoms with E-state index in [1.807, 2.05) is 0 Å². The van der Waals surface area contributed by atoms with E-state index >= 15 is 0 Å². The highest BCUT2D eigenvalue weighted by molar-refractivity contribution is 6.34. The van der Waals surface area contributed by atoms with Crippen molar-refractivity contribution < 1.29 is 14.0 Å². The number of halogens is 2. The van der Waals surface area contributed by atoms with Crippen molar-refractivity contribution in [2.75, 3.05) is 12.4 Å². The van der Waals surface area contributed by atoms with Gasteiger partial charge in [0.15, 0.2) is 0 Å². The first-order valence-corrected chi connectivity index (χ1v) is 7.18. The molecule has 0 bridgehead atoms. The number of urea groups is 1. The third kappa shape index (κ3) is 4.69. The fourth-order valence-electron chi connectivity index (χ4n) is 1.87. The van der Waals surface area contributed by atoms with Crippen LogP contribution in [0.15, 0.2) is 42.5 Å². The molecule has 3 N–H and O–H groups in total. The van der Waals surface area contributed by atoms with Crippen LogP contribution < -0.4 is 16.0 Å². The van der Waals surface area contributed by atoms with Crippen LogP contribution in [0.5, 0.6) is 0 Å². The molecule has 7 heteroatoms. The van der Waals surface area contributed by atoms with Crippen LogP contribution in [0.4, 0.5) is 14.9 Å². The van der Waals surface area contributed by atoms with Gasteiger partial charge in [-0.25, -0.2) is 9.18 Å². The second-order valence-corrected chi connectivity index (χ2v) is 5.12. The van der Waals surface area contributed by atoms with Gasteiger partial charge in [-0.05, 0) is 35.9 Å². The maximum atomic E-state index is 12.8. The molecule has 2 aromatic rings. The summed E-state index contributed by atoms with van der Waals surface area (Å²) < 4.78 is 12.8. The average molecular weight is 336 g/mol. The molecule has 120 valence electrons. The molecule has 2 rings (SSSR count). The van der Waals surface area contributed by atoms with Crippen LogP contribution in [0.1, 0.15) is 15.9 Å². The van der Waals surface area contributed by atoms with Crippen molar-refractivity contribution in [3.8, 4) is 0 Å². The Morgan fingerprint density at radius 2 is 1.83 bits per heavy atom. The van der Waals surface area contributed by atoms with Gasteiger partial charge in [0.25, 0.3) is 5.91 Å². The molecule has 0 saturated carbocycles. The maximum absolute atomic E-state index is 12.8. The highest BCUT2D eigenvalue weighted by Crippen LogP contribution is 2.20. The van der Waals surface area contributed by atoms with Crippen LogP contribution in [0.25, 0.3) is 0 Å². The van der Waals surface area contributed by atoms with E-state index in [1.54, 1.807) is 18.2 Å². The van der Waals surface area contributed by atoms with Gasteiger partial charge in [-0.3, -0.25) is 4.79 Å². The summed E-state index contributed by atoms with van der Waals surface area (Å²) >= 11 is 6.01. The van der Waals surface area contributed by atoms with E-state index in [1.165, 1.54) is 31.3 Å². The Balaban J connectivity index is 1.93. The molecule has 0 radical (unpaired) electrons. The van der Waals surface area contributed by atoms with Gasteiger partial charge in [0.2, 0.25) is 0 Å². The molecule has 0 aliphatic heterocycles. The summed E-state index contributed by atoms with van der Waals surface area (Å²) in [5.74, 6) is -0.633. The van der Waals surface area contributed by atoms with Crippen molar-refractivity contribution in [2.45, 2.75) is 6.54 Å².